The Morgan fingerprint density at radius 3 is 2.19 bits per heavy atom. The Bertz CT molecular complexity index is 373. The van der Waals surface area contributed by atoms with Gasteiger partial charge < -0.3 is 20.0 Å². The van der Waals surface area contributed by atoms with Gasteiger partial charge in [0.15, 0.2) is 0 Å². The number of aliphatic carboxylic acids is 1. The first-order valence-corrected chi connectivity index (χ1v) is 7.28. The zero-order valence-electron chi connectivity index (χ0n) is 13.4. The number of aliphatic hydroxyl groups is 1. The minimum atomic E-state index is -0.898. The average molecular weight is 301 g/mol. The number of carbonyl (C=O) groups is 2. The van der Waals surface area contributed by atoms with Crippen LogP contribution in [-0.2, 0) is 4.79 Å². The van der Waals surface area contributed by atoms with Crippen molar-refractivity contribution in [1.29, 1.82) is 0 Å². The fraction of sp³-hybridized carbons (Fsp3) is 0.857. The van der Waals surface area contributed by atoms with Crippen LogP contribution in [-0.4, -0.2) is 88.8 Å². The van der Waals surface area contributed by atoms with Crippen molar-refractivity contribution in [1.82, 2.24) is 14.7 Å². The molecule has 0 aromatic rings. The molecule has 7 nitrogen and oxygen atoms in total. The van der Waals surface area contributed by atoms with Crippen molar-refractivity contribution < 1.29 is 19.8 Å². The van der Waals surface area contributed by atoms with Crippen LogP contribution in [0.3, 0.4) is 0 Å². The molecule has 1 aliphatic heterocycles. The molecule has 1 fully saturated rings. The van der Waals surface area contributed by atoms with E-state index in [0.29, 0.717) is 19.6 Å². The van der Waals surface area contributed by atoms with Gasteiger partial charge in [0, 0.05) is 46.3 Å². The van der Waals surface area contributed by atoms with Crippen LogP contribution in [0.1, 0.15) is 20.8 Å². The van der Waals surface area contributed by atoms with E-state index in [1.807, 2.05) is 0 Å². The third-order valence-corrected chi connectivity index (χ3v) is 3.55. The van der Waals surface area contributed by atoms with Gasteiger partial charge in [0.1, 0.15) is 0 Å². The Morgan fingerprint density at radius 2 is 1.76 bits per heavy atom. The molecule has 0 bridgehead atoms. The molecule has 0 saturated carbocycles. The molecule has 0 radical (unpaired) electrons. The molecule has 0 aromatic heterocycles. The Kier molecular flexibility index (Phi) is 5.98. The fourth-order valence-corrected chi connectivity index (χ4v) is 2.45. The first-order valence-electron chi connectivity index (χ1n) is 7.28. The molecule has 0 aromatic carbocycles. The van der Waals surface area contributed by atoms with Gasteiger partial charge in [0.05, 0.1) is 11.5 Å². The van der Waals surface area contributed by atoms with Gasteiger partial charge in [-0.2, -0.15) is 0 Å². The van der Waals surface area contributed by atoms with Crippen molar-refractivity contribution in [3.63, 3.8) is 0 Å². The van der Waals surface area contributed by atoms with Crippen molar-refractivity contribution in [3.8, 4) is 0 Å². The molecule has 7 heteroatoms. The van der Waals surface area contributed by atoms with Gasteiger partial charge in [-0.15, -0.1) is 0 Å². The minimum Gasteiger partial charge on any atom is -0.481 e. The largest absolute Gasteiger partial charge is 0.481 e. The molecule has 1 aliphatic rings. The van der Waals surface area contributed by atoms with E-state index in [-0.39, 0.29) is 12.6 Å². The van der Waals surface area contributed by atoms with Crippen LogP contribution in [0.5, 0.6) is 0 Å². The van der Waals surface area contributed by atoms with E-state index < -0.39 is 17.5 Å². The van der Waals surface area contributed by atoms with E-state index in [2.05, 4.69) is 4.90 Å². The van der Waals surface area contributed by atoms with Crippen molar-refractivity contribution >= 4 is 12.0 Å². The quantitative estimate of drug-likeness (QED) is 0.755. The minimum absolute atomic E-state index is 0.133. The van der Waals surface area contributed by atoms with Gasteiger partial charge in [0.25, 0.3) is 0 Å². The second-order valence-electron chi connectivity index (χ2n) is 6.48. The summed E-state index contributed by atoms with van der Waals surface area (Å²) in [7, 11) is 1.63. The molecule has 0 spiro atoms. The second kappa shape index (κ2) is 7.09. The SMILES string of the molecule is CC(CN(C)C(=O)N1CCN(CC(C)(C)O)CC1)C(=O)O. The summed E-state index contributed by atoms with van der Waals surface area (Å²) in [6.45, 7) is 8.56. The number of carbonyl (C=O) groups excluding carboxylic acids is 1. The Balaban J connectivity index is 2.43. The Morgan fingerprint density at radius 1 is 1.24 bits per heavy atom. The lowest BCUT2D eigenvalue weighted by molar-refractivity contribution is -0.141. The van der Waals surface area contributed by atoms with E-state index in [9.17, 15) is 14.7 Å². The molecule has 122 valence electrons. The van der Waals surface area contributed by atoms with Gasteiger partial charge in [0.2, 0.25) is 0 Å². The highest BCUT2D eigenvalue weighted by Crippen LogP contribution is 2.10. The van der Waals surface area contributed by atoms with E-state index in [1.165, 1.54) is 4.90 Å². The van der Waals surface area contributed by atoms with Gasteiger partial charge in [-0.1, -0.05) is 6.92 Å². The maximum Gasteiger partial charge on any atom is 0.319 e. The number of hydrogen-bond acceptors (Lipinski definition) is 4. The number of piperazine rings is 1. The predicted octanol–water partition coefficient (Wildman–Crippen LogP) is 0.147. The lowest BCUT2D eigenvalue weighted by Gasteiger charge is -2.38. The molecule has 1 rings (SSSR count). The topological polar surface area (TPSA) is 84.3 Å². The first kappa shape index (κ1) is 17.7. The van der Waals surface area contributed by atoms with Gasteiger partial charge in [-0.3, -0.25) is 9.69 Å². The van der Waals surface area contributed by atoms with Crippen LogP contribution in [0.2, 0.25) is 0 Å². The standard InChI is InChI=1S/C14H27N3O4/c1-11(12(18)19)9-15(4)13(20)17-7-5-16(6-8-17)10-14(2,3)21/h11,21H,5-10H2,1-4H3,(H,18,19). The highest BCUT2D eigenvalue weighted by molar-refractivity contribution is 5.76. The summed E-state index contributed by atoms with van der Waals surface area (Å²) in [6, 6.07) is -0.133. The number of β-amino-alcohol motifs (C(OH)–C–C–N with tert-alkyl or cyclic N) is 1. The van der Waals surface area contributed by atoms with Gasteiger partial charge >= 0.3 is 12.0 Å². The molecule has 2 N–H and O–H groups in total. The smallest absolute Gasteiger partial charge is 0.319 e. The van der Waals surface area contributed by atoms with Crippen molar-refractivity contribution in [2.75, 3.05) is 46.3 Å². The van der Waals surface area contributed by atoms with Crippen LogP contribution in [0.25, 0.3) is 0 Å². The van der Waals surface area contributed by atoms with Crippen molar-refractivity contribution in [3.05, 3.63) is 0 Å². The lowest BCUT2D eigenvalue weighted by Crippen LogP contribution is -2.54. The van der Waals surface area contributed by atoms with Gasteiger partial charge in [-0.05, 0) is 13.8 Å². The fourth-order valence-electron chi connectivity index (χ4n) is 2.45. The van der Waals surface area contributed by atoms with E-state index in [1.54, 1.807) is 32.7 Å². The number of carboxylic acid groups (broad SMARTS) is 1. The molecule has 1 atom stereocenters. The molecular formula is C14H27N3O4. The van der Waals surface area contributed by atoms with Crippen LogP contribution in [0.4, 0.5) is 4.79 Å². The zero-order chi connectivity index (χ0) is 16.2. The average Bonchev–Trinajstić information content (AvgIpc) is 2.36. The van der Waals surface area contributed by atoms with Crippen LogP contribution < -0.4 is 0 Å². The number of hydrogen-bond donors (Lipinski definition) is 2. The normalized spacial score (nSPS) is 18.4. The zero-order valence-corrected chi connectivity index (χ0v) is 13.4. The van der Waals surface area contributed by atoms with Crippen LogP contribution in [0, 0.1) is 5.92 Å². The summed E-state index contributed by atoms with van der Waals surface area (Å²) < 4.78 is 0. The Hall–Kier alpha value is -1.34. The third kappa shape index (κ3) is 5.89. The monoisotopic (exact) mass is 301 g/mol. The van der Waals surface area contributed by atoms with Crippen molar-refractivity contribution in [2.24, 2.45) is 5.92 Å². The number of nitrogens with zero attached hydrogens (tertiary/aromatic N) is 3. The number of rotatable bonds is 5. The van der Waals surface area contributed by atoms with Gasteiger partial charge in [-0.25, -0.2) is 4.79 Å². The van der Waals surface area contributed by atoms with E-state index >= 15 is 0 Å². The molecule has 2 amide bonds. The number of carboxylic acids is 1. The second-order valence-corrected chi connectivity index (χ2v) is 6.48. The summed E-state index contributed by atoms with van der Waals surface area (Å²) in [5, 5.41) is 18.7. The molecule has 0 aliphatic carbocycles. The predicted molar refractivity (Wildman–Crippen MR) is 79.1 cm³/mol. The summed E-state index contributed by atoms with van der Waals surface area (Å²) >= 11 is 0. The maximum absolute atomic E-state index is 12.2. The Labute approximate surface area is 126 Å². The van der Waals surface area contributed by atoms with Crippen LogP contribution >= 0.6 is 0 Å². The highest BCUT2D eigenvalue weighted by atomic mass is 16.4. The summed E-state index contributed by atoms with van der Waals surface area (Å²) in [5.41, 5.74) is -0.736. The molecule has 1 heterocycles. The number of amides is 2. The maximum atomic E-state index is 12.2. The third-order valence-electron chi connectivity index (χ3n) is 3.55. The van der Waals surface area contributed by atoms with E-state index in [4.69, 9.17) is 5.11 Å². The lowest BCUT2D eigenvalue weighted by atomic mass is 10.1. The first-order chi connectivity index (χ1) is 9.60. The van der Waals surface area contributed by atoms with E-state index in [0.717, 1.165) is 13.1 Å². The summed E-state index contributed by atoms with van der Waals surface area (Å²) in [5.74, 6) is -1.47. The molecule has 1 saturated heterocycles. The summed E-state index contributed by atoms with van der Waals surface area (Å²) in [4.78, 5) is 28.4. The summed E-state index contributed by atoms with van der Waals surface area (Å²) in [6.07, 6.45) is 0. The van der Waals surface area contributed by atoms with Crippen LogP contribution in [0.15, 0.2) is 0 Å². The molecule has 1 unspecified atom stereocenters. The van der Waals surface area contributed by atoms with Crippen molar-refractivity contribution in [2.45, 2.75) is 26.4 Å². The molecule has 21 heavy (non-hydrogen) atoms. The molecular weight excluding hydrogens is 274 g/mol. The highest BCUT2D eigenvalue weighted by Gasteiger charge is 2.27. The number of urea groups is 1.